The summed E-state index contributed by atoms with van der Waals surface area (Å²) in [5, 5.41) is 10.7. The van der Waals surface area contributed by atoms with Crippen LogP contribution >= 0.6 is 0 Å². The number of piperidine rings is 1. The van der Waals surface area contributed by atoms with Crippen LogP contribution in [0.15, 0.2) is 67.2 Å². The summed E-state index contributed by atoms with van der Waals surface area (Å²) in [4.78, 5) is 22.8. The maximum Gasteiger partial charge on any atom is 0.163 e. The molecule has 7 nitrogen and oxygen atoms in total. The number of H-pyrrole nitrogens is 1. The minimum Gasteiger partial charge on any atom is -0.364 e. The van der Waals surface area contributed by atoms with Gasteiger partial charge in [-0.1, -0.05) is 36.4 Å². The number of allylic oxidation sites excluding steroid dienone is 4. The second-order valence-electron chi connectivity index (χ2n) is 9.85. The van der Waals surface area contributed by atoms with Crippen LogP contribution in [0.3, 0.4) is 0 Å². The van der Waals surface area contributed by atoms with Crippen molar-refractivity contribution in [2.75, 3.05) is 18.4 Å². The van der Waals surface area contributed by atoms with Crippen molar-refractivity contribution in [2.24, 2.45) is 5.92 Å². The standard InChI is InChI=1S/C28H23N7/c1-2-7-21-18(6-1)23-19(8-10-31-26(23)32-21)25-33-22-15-30-14-20(16-4-3-5-16)24(22)27(34-25)35-28-9-11-29-13-17(28)12-28/h1-8,10,14-15,17,29H,9,11-13H2,(H,31,32)(H,33,34,35). The van der Waals surface area contributed by atoms with Gasteiger partial charge in [0, 0.05) is 51.9 Å². The van der Waals surface area contributed by atoms with Crippen LogP contribution in [0.2, 0.25) is 0 Å². The third kappa shape index (κ3) is 2.82. The summed E-state index contributed by atoms with van der Waals surface area (Å²) >= 11 is 0. The third-order valence-corrected chi connectivity index (χ3v) is 7.85. The molecular weight excluding hydrogens is 434 g/mol. The van der Waals surface area contributed by atoms with Gasteiger partial charge in [0.2, 0.25) is 0 Å². The van der Waals surface area contributed by atoms with Gasteiger partial charge in [-0.05, 0) is 43.0 Å². The zero-order valence-corrected chi connectivity index (χ0v) is 19.0. The number of nitrogens with one attached hydrogen (secondary N) is 3. The Morgan fingerprint density at radius 3 is 2.86 bits per heavy atom. The monoisotopic (exact) mass is 457 g/mol. The Balaban J connectivity index is 1.38. The normalized spacial score (nSPS) is 22.7. The van der Waals surface area contributed by atoms with Gasteiger partial charge in [-0.25, -0.2) is 15.0 Å². The van der Waals surface area contributed by atoms with Crippen LogP contribution in [0.25, 0.3) is 49.8 Å². The molecule has 5 heterocycles. The molecule has 1 saturated carbocycles. The summed E-state index contributed by atoms with van der Waals surface area (Å²) < 4.78 is 0. The van der Waals surface area contributed by atoms with Crippen LogP contribution in [0.1, 0.15) is 18.4 Å². The summed E-state index contributed by atoms with van der Waals surface area (Å²) in [5.74, 6) is 2.23. The van der Waals surface area contributed by atoms with E-state index in [4.69, 9.17) is 9.97 Å². The molecule has 0 amide bonds. The molecular formula is C28H23N7. The van der Waals surface area contributed by atoms with E-state index < -0.39 is 0 Å². The third-order valence-electron chi connectivity index (χ3n) is 7.85. The number of hydrogen-bond donors (Lipinski definition) is 3. The molecule has 1 aromatic carbocycles. The van der Waals surface area contributed by atoms with E-state index in [1.165, 1.54) is 12.0 Å². The molecule has 0 spiro atoms. The number of aromatic amines is 1. The van der Waals surface area contributed by atoms with Crippen LogP contribution in [0.5, 0.6) is 0 Å². The van der Waals surface area contributed by atoms with Gasteiger partial charge >= 0.3 is 0 Å². The molecule has 5 aromatic rings. The molecule has 0 bridgehead atoms. The lowest BCUT2D eigenvalue weighted by molar-refractivity contribution is 0.466. The van der Waals surface area contributed by atoms with Crippen LogP contribution in [0.4, 0.5) is 5.82 Å². The van der Waals surface area contributed by atoms with E-state index >= 15 is 0 Å². The highest BCUT2D eigenvalue weighted by Gasteiger charge is 2.55. The molecule has 1 saturated heterocycles. The number of hydrogen-bond acceptors (Lipinski definition) is 6. The van der Waals surface area contributed by atoms with Crippen LogP contribution in [-0.4, -0.2) is 43.5 Å². The first-order chi connectivity index (χ1) is 17.3. The second kappa shape index (κ2) is 6.96. The van der Waals surface area contributed by atoms with Crippen molar-refractivity contribution in [3.05, 3.63) is 72.7 Å². The van der Waals surface area contributed by atoms with E-state index in [0.717, 1.165) is 69.3 Å². The van der Waals surface area contributed by atoms with Crippen molar-refractivity contribution in [3.8, 4) is 11.4 Å². The number of pyridine rings is 2. The van der Waals surface area contributed by atoms with Crippen molar-refractivity contribution < 1.29 is 0 Å². The number of nitrogens with zero attached hydrogens (tertiary/aromatic N) is 4. The number of aromatic nitrogens is 5. The van der Waals surface area contributed by atoms with Crippen LogP contribution in [0, 0.1) is 5.92 Å². The van der Waals surface area contributed by atoms with Crippen molar-refractivity contribution in [3.63, 3.8) is 0 Å². The van der Waals surface area contributed by atoms with Gasteiger partial charge < -0.3 is 15.6 Å². The fraction of sp³-hybridized carbons (Fsp3) is 0.214. The minimum absolute atomic E-state index is 0.114. The van der Waals surface area contributed by atoms with Crippen LogP contribution in [-0.2, 0) is 0 Å². The molecule has 4 aromatic heterocycles. The summed E-state index contributed by atoms with van der Waals surface area (Å²) in [6, 6.07) is 10.3. The quantitative estimate of drug-likeness (QED) is 0.358. The van der Waals surface area contributed by atoms with E-state index in [1.807, 2.05) is 30.7 Å². The van der Waals surface area contributed by atoms with Crippen molar-refractivity contribution in [1.82, 2.24) is 30.2 Å². The molecule has 35 heavy (non-hydrogen) atoms. The smallest absolute Gasteiger partial charge is 0.163 e. The lowest BCUT2D eigenvalue weighted by atomic mass is 9.97. The zero-order valence-electron chi connectivity index (χ0n) is 19.0. The Kier molecular flexibility index (Phi) is 3.82. The van der Waals surface area contributed by atoms with Crippen LogP contribution < -0.4 is 10.6 Å². The minimum atomic E-state index is 0.114. The van der Waals surface area contributed by atoms with E-state index in [1.54, 1.807) is 0 Å². The lowest BCUT2D eigenvalue weighted by Gasteiger charge is -2.26. The molecule has 2 aliphatic carbocycles. The second-order valence-corrected chi connectivity index (χ2v) is 9.85. The topological polar surface area (TPSA) is 91.4 Å². The maximum atomic E-state index is 5.21. The Hall–Kier alpha value is -4.10. The fourth-order valence-electron chi connectivity index (χ4n) is 5.83. The number of anilines is 1. The Morgan fingerprint density at radius 1 is 1.03 bits per heavy atom. The SMILES string of the molecule is C1=CC(c2cncc3nc(-c4ccnc5[nH]c6ccccc6c45)nc(NC45CCNCC4C5)c23)=C1. The molecule has 170 valence electrons. The van der Waals surface area contributed by atoms with Gasteiger partial charge in [0.1, 0.15) is 11.5 Å². The first-order valence-electron chi connectivity index (χ1n) is 12.2. The number of para-hydroxylation sites is 1. The molecule has 2 atom stereocenters. The number of rotatable bonds is 4. The summed E-state index contributed by atoms with van der Waals surface area (Å²) in [7, 11) is 0. The van der Waals surface area contributed by atoms with E-state index in [9.17, 15) is 0 Å². The molecule has 0 radical (unpaired) electrons. The molecule has 2 unspecified atom stereocenters. The first-order valence-corrected chi connectivity index (χ1v) is 12.2. The predicted molar refractivity (Wildman–Crippen MR) is 139 cm³/mol. The maximum absolute atomic E-state index is 5.21. The average Bonchev–Trinajstić information content (AvgIpc) is 3.44. The van der Waals surface area contributed by atoms with Gasteiger partial charge in [0.05, 0.1) is 17.1 Å². The Labute approximate surface area is 201 Å². The van der Waals surface area contributed by atoms with Crippen molar-refractivity contribution in [1.29, 1.82) is 0 Å². The van der Waals surface area contributed by atoms with Crippen molar-refractivity contribution >= 4 is 44.2 Å². The highest BCUT2D eigenvalue weighted by Crippen LogP contribution is 2.50. The molecule has 3 aliphatic rings. The largest absolute Gasteiger partial charge is 0.364 e. The average molecular weight is 458 g/mol. The van der Waals surface area contributed by atoms with Gasteiger partial charge in [-0.15, -0.1) is 0 Å². The molecule has 8 rings (SSSR count). The van der Waals surface area contributed by atoms with Crippen molar-refractivity contribution in [2.45, 2.75) is 18.4 Å². The van der Waals surface area contributed by atoms with E-state index in [-0.39, 0.29) is 5.54 Å². The fourth-order valence-corrected chi connectivity index (χ4v) is 5.83. The highest BCUT2D eigenvalue weighted by atomic mass is 15.2. The lowest BCUT2D eigenvalue weighted by Crippen LogP contribution is -2.38. The van der Waals surface area contributed by atoms with E-state index in [0.29, 0.717) is 11.7 Å². The zero-order chi connectivity index (χ0) is 23.0. The first kappa shape index (κ1) is 19.2. The Morgan fingerprint density at radius 2 is 1.97 bits per heavy atom. The van der Waals surface area contributed by atoms with Gasteiger partial charge in [0.25, 0.3) is 0 Å². The Bertz CT molecular complexity index is 1730. The molecule has 2 fully saturated rings. The summed E-state index contributed by atoms with van der Waals surface area (Å²) in [6.07, 6.45) is 14.2. The summed E-state index contributed by atoms with van der Waals surface area (Å²) in [5.41, 5.74) is 6.09. The van der Waals surface area contributed by atoms with Gasteiger partial charge in [-0.2, -0.15) is 0 Å². The molecule has 1 aliphatic heterocycles. The van der Waals surface area contributed by atoms with E-state index in [2.05, 4.69) is 62.0 Å². The predicted octanol–water partition coefficient (Wildman–Crippen LogP) is 4.84. The number of benzene rings is 1. The number of fused-ring (bicyclic) bond motifs is 5. The molecule has 7 heteroatoms. The molecule has 3 N–H and O–H groups in total. The highest BCUT2D eigenvalue weighted by molar-refractivity contribution is 6.13. The summed E-state index contributed by atoms with van der Waals surface area (Å²) in [6.45, 7) is 2.09. The van der Waals surface area contributed by atoms with Gasteiger partial charge in [-0.3, -0.25) is 4.98 Å². The van der Waals surface area contributed by atoms with Gasteiger partial charge in [0.15, 0.2) is 5.82 Å².